The number of fused-ring (bicyclic) bond motifs is 4. The molecular weight excluding hydrogens is 350 g/mol. The molecule has 0 radical (unpaired) electrons. The minimum atomic E-state index is 0.380. The zero-order valence-electron chi connectivity index (χ0n) is 16.2. The fourth-order valence-corrected chi connectivity index (χ4v) is 4.73. The number of anilines is 2. The lowest BCUT2D eigenvalue weighted by molar-refractivity contribution is 0.0936. The normalized spacial score (nSPS) is 21.7. The third-order valence-corrected chi connectivity index (χ3v) is 6.30. The molecule has 2 aliphatic heterocycles. The molecule has 4 heterocycles. The number of aryl methyl sites for hydroxylation is 1. The molecule has 1 aliphatic carbocycles. The van der Waals surface area contributed by atoms with Crippen molar-refractivity contribution < 1.29 is 4.74 Å². The van der Waals surface area contributed by atoms with Gasteiger partial charge in [0, 0.05) is 42.3 Å². The van der Waals surface area contributed by atoms with Crippen molar-refractivity contribution in [2.75, 3.05) is 42.6 Å². The smallest absolute Gasteiger partial charge is 0.162 e. The van der Waals surface area contributed by atoms with E-state index in [1.807, 2.05) is 6.20 Å². The molecule has 1 saturated heterocycles. The third kappa shape index (κ3) is 2.58. The molecule has 28 heavy (non-hydrogen) atoms. The lowest BCUT2D eigenvalue weighted by Gasteiger charge is -2.46. The van der Waals surface area contributed by atoms with Gasteiger partial charge in [-0.3, -0.25) is 0 Å². The van der Waals surface area contributed by atoms with E-state index >= 15 is 0 Å². The highest BCUT2D eigenvalue weighted by molar-refractivity contribution is 5.94. The Bertz CT molecular complexity index is 1040. The molecule has 0 amide bonds. The summed E-state index contributed by atoms with van der Waals surface area (Å²) in [6.07, 6.45) is 4.68. The molecule has 6 nitrogen and oxygen atoms in total. The number of rotatable bonds is 3. The van der Waals surface area contributed by atoms with Gasteiger partial charge in [-0.2, -0.15) is 0 Å². The summed E-state index contributed by atoms with van der Waals surface area (Å²) in [5.74, 6) is 2.74. The van der Waals surface area contributed by atoms with E-state index in [0.29, 0.717) is 6.04 Å². The molecule has 1 N–H and O–H groups in total. The van der Waals surface area contributed by atoms with Gasteiger partial charge >= 0.3 is 0 Å². The maximum absolute atomic E-state index is 5.80. The Morgan fingerprint density at radius 3 is 3.04 bits per heavy atom. The molecule has 2 aromatic heterocycles. The second-order valence-corrected chi connectivity index (χ2v) is 8.32. The zero-order chi connectivity index (χ0) is 18.7. The zero-order valence-corrected chi connectivity index (χ0v) is 16.2. The highest BCUT2D eigenvalue weighted by atomic mass is 16.5. The van der Waals surface area contributed by atoms with Crippen molar-refractivity contribution in [1.82, 2.24) is 15.0 Å². The van der Waals surface area contributed by atoms with Gasteiger partial charge in [0.1, 0.15) is 5.69 Å². The Balaban J connectivity index is 1.51. The summed E-state index contributed by atoms with van der Waals surface area (Å²) in [6, 6.07) is 8.78. The van der Waals surface area contributed by atoms with Gasteiger partial charge < -0.3 is 19.5 Å². The second-order valence-electron chi connectivity index (χ2n) is 8.32. The number of aromatic amines is 1. The maximum atomic E-state index is 5.80. The van der Waals surface area contributed by atoms with Crippen LogP contribution in [0.25, 0.3) is 22.3 Å². The Kier molecular flexibility index (Phi) is 3.63. The predicted molar refractivity (Wildman–Crippen MR) is 111 cm³/mol. The Morgan fingerprint density at radius 1 is 1.21 bits per heavy atom. The van der Waals surface area contributed by atoms with Gasteiger partial charge in [-0.1, -0.05) is 12.1 Å². The molecule has 6 heteroatoms. The van der Waals surface area contributed by atoms with Gasteiger partial charge in [-0.15, -0.1) is 0 Å². The number of hydrogen-bond acceptors (Lipinski definition) is 5. The maximum Gasteiger partial charge on any atom is 0.162 e. The number of nitrogens with one attached hydrogen (secondary N) is 1. The first-order valence-corrected chi connectivity index (χ1v) is 10.3. The van der Waals surface area contributed by atoms with Gasteiger partial charge in [0.2, 0.25) is 0 Å². The lowest BCUT2D eigenvalue weighted by atomic mass is 10.1. The molecule has 144 valence electrons. The molecule has 0 spiro atoms. The van der Waals surface area contributed by atoms with E-state index < -0.39 is 0 Å². The van der Waals surface area contributed by atoms with Crippen LogP contribution in [0.2, 0.25) is 0 Å². The van der Waals surface area contributed by atoms with E-state index in [9.17, 15) is 0 Å². The Hall–Kier alpha value is -2.60. The molecular formula is C22H25N5O. The average molecular weight is 375 g/mol. The van der Waals surface area contributed by atoms with Crippen LogP contribution in [0.3, 0.4) is 0 Å². The molecule has 6 rings (SSSR count). The van der Waals surface area contributed by atoms with E-state index in [2.05, 4.69) is 46.0 Å². The lowest BCUT2D eigenvalue weighted by Crippen LogP contribution is -2.56. The quantitative estimate of drug-likeness (QED) is 0.761. The van der Waals surface area contributed by atoms with Gasteiger partial charge in [-0.05, 0) is 37.8 Å². The summed E-state index contributed by atoms with van der Waals surface area (Å²) in [4.78, 5) is 18.4. The van der Waals surface area contributed by atoms with E-state index in [-0.39, 0.29) is 0 Å². The van der Waals surface area contributed by atoms with Crippen LogP contribution < -0.4 is 9.80 Å². The summed E-state index contributed by atoms with van der Waals surface area (Å²) in [6.45, 7) is 6.73. The van der Waals surface area contributed by atoms with Crippen LogP contribution >= 0.6 is 0 Å². The van der Waals surface area contributed by atoms with Crippen LogP contribution in [0, 0.1) is 12.8 Å². The van der Waals surface area contributed by atoms with Crippen LogP contribution in [0.1, 0.15) is 18.5 Å². The number of H-pyrrole nitrogens is 1. The first-order valence-electron chi connectivity index (χ1n) is 10.3. The fourth-order valence-electron chi connectivity index (χ4n) is 4.73. The van der Waals surface area contributed by atoms with Gasteiger partial charge in [-0.25, -0.2) is 9.97 Å². The van der Waals surface area contributed by atoms with Crippen molar-refractivity contribution in [2.45, 2.75) is 25.8 Å². The monoisotopic (exact) mass is 375 g/mol. The molecule has 3 aliphatic rings. The van der Waals surface area contributed by atoms with Crippen LogP contribution in [-0.4, -0.2) is 53.8 Å². The van der Waals surface area contributed by atoms with Crippen molar-refractivity contribution >= 4 is 22.4 Å². The molecule has 1 aromatic carbocycles. The van der Waals surface area contributed by atoms with Crippen molar-refractivity contribution in [3.63, 3.8) is 0 Å². The highest BCUT2D eigenvalue weighted by Gasteiger charge is 2.38. The van der Waals surface area contributed by atoms with Crippen molar-refractivity contribution in [3.05, 3.63) is 36.2 Å². The van der Waals surface area contributed by atoms with Crippen molar-refractivity contribution in [3.8, 4) is 11.4 Å². The largest absolute Gasteiger partial charge is 0.377 e. The number of benzene rings is 1. The third-order valence-electron chi connectivity index (χ3n) is 6.30. The van der Waals surface area contributed by atoms with Gasteiger partial charge in [0.05, 0.1) is 24.9 Å². The first kappa shape index (κ1) is 16.4. The van der Waals surface area contributed by atoms with Gasteiger partial charge in [0.25, 0.3) is 0 Å². The van der Waals surface area contributed by atoms with Crippen molar-refractivity contribution in [2.24, 2.45) is 5.92 Å². The minimum Gasteiger partial charge on any atom is -0.377 e. The number of nitrogens with zero attached hydrogens (tertiary/aromatic N) is 4. The highest BCUT2D eigenvalue weighted by Crippen LogP contribution is 2.41. The number of morpholine rings is 1. The Labute approximate surface area is 164 Å². The van der Waals surface area contributed by atoms with Crippen LogP contribution in [0.5, 0.6) is 0 Å². The van der Waals surface area contributed by atoms with E-state index in [1.165, 1.54) is 23.9 Å². The fraction of sp³-hybridized carbons (Fsp3) is 0.455. The number of aromatic nitrogens is 3. The summed E-state index contributed by atoms with van der Waals surface area (Å²) >= 11 is 0. The minimum absolute atomic E-state index is 0.380. The number of ether oxygens (including phenoxy) is 1. The predicted octanol–water partition coefficient (Wildman–Crippen LogP) is 3.37. The van der Waals surface area contributed by atoms with E-state index in [4.69, 9.17) is 14.7 Å². The summed E-state index contributed by atoms with van der Waals surface area (Å²) < 4.78 is 5.80. The SMILES string of the molecule is Cc1nc(-c2cccc3[nH]ccc23)nc2c1N(CC1CC1)CC1COCCN21. The summed E-state index contributed by atoms with van der Waals surface area (Å²) in [5, 5.41) is 1.17. The Morgan fingerprint density at radius 2 is 2.14 bits per heavy atom. The average Bonchev–Trinajstić information content (AvgIpc) is 3.39. The molecule has 2 fully saturated rings. The second kappa shape index (κ2) is 6.21. The standard InChI is InChI=1S/C22H25N5O/c1-14-20-22(25-21(24-14)18-3-2-4-19-17(18)7-8-23-19)27-9-10-28-13-16(27)12-26(20)11-15-5-6-15/h2-4,7-8,15-16,23H,5-6,9-13H2,1H3. The van der Waals surface area contributed by atoms with Crippen LogP contribution in [-0.2, 0) is 4.74 Å². The summed E-state index contributed by atoms with van der Waals surface area (Å²) in [5.41, 5.74) is 4.53. The number of hydrogen-bond donors (Lipinski definition) is 1. The molecule has 3 aromatic rings. The molecule has 0 bridgehead atoms. The van der Waals surface area contributed by atoms with Crippen molar-refractivity contribution in [1.29, 1.82) is 0 Å². The van der Waals surface area contributed by atoms with E-state index in [1.54, 1.807) is 0 Å². The van der Waals surface area contributed by atoms with Crippen LogP contribution in [0.4, 0.5) is 11.5 Å². The van der Waals surface area contributed by atoms with E-state index in [0.717, 1.165) is 67.2 Å². The van der Waals surface area contributed by atoms with Crippen LogP contribution in [0.15, 0.2) is 30.5 Å². The molecule has 1 saturated carbocycles. The van der Waals surface area contributed by atoms with Gasteiger partial charge in [0.15, 0.2) is 11.6 Å². The molecule has 1 unspecified atom stereocenters. The summed E-state index contributed by atoms with van der Waals surface area (Å²) in [7, 11) is 0. The molecule has 1 atom stereocenters. The topological polar surface area (TPSA) is 57.3 Å². The first-order chi connectivity index (χ1) is 13.8.